The van der Waals surface area contributed by atoms with Gasteiger partial charge in [0.2, 0.25) is 0 Å². The van der Waals surface area contributed by atoms with Gasteiger partial charge in [-0.3, -0.25) is 10.0 Å². The molecule has 1 fully saturated rings. The lowest BCUT2D eigenvalue weighted by molar-refractivity contribution is -0.124. The zero-order chi connectivity index (χ0) is 17.5. The standard InChI is InChI=1S/C17H25ClN4O2.2ClH/c1-12(2)11-22-7-5-14(6-8-22)20-17-15(18)9-13(10-19-17)3-4-16(23)21-24;;/h3-4,9-10,12,14,24H,5-8,11H2,1-2H3,(H,19,20)(H,21,23);2*1H. The molecule has 26 heavy (non-hydrogen) atoms. The van der Waals surface area contributed by atoms with Gasteiger partial charge >= 0.3 is 0 Å². The van der Waals surface area contributed by atoms with E-state index in [1.165, 1.54) is 11.6 Å². The van der Waals surface area contributed by atoms with Crippen LogP contribution in [0, 0.1) is 5.92 Å². The molecular weight excluding hydrogens is 399 g/mol. The first-order valence-corrected chi connectivity index (χ1v) is 8.62. The van der Waals surface area contributed by atoms with Gasteiger partial charge in [-0.15, -0.1) is 24.8 Å². The lowest BCUT2D eigenvalue weighted by Crippen LogP contribution is -2.40. The topological polar surface area (TPSA) is 77.5 Å². The Balaban J connectivity index is 0.00000312. The number of hydroxylamine groups is 1. The summed E-state index contributed by atoms with van der Waals surface area (Å²) in [5, 5.41) is 12.4. The first-order chi connectivity index (χ1) is 11.5. The number of carbonyl (C=O) groups excluding carboxylic acids is 1. The van der Waals surface area contributed by atoms with Crippen molar-refractivity contribution in [3.05, 3.63) is 28.9 Å². The Labute approximate surface area is 172 Å². The van der Waals surface area contributed by atoms with Crippen molar-refractivity contribution in [1.29, 1.82) is 0 Å². The van der Waals surface area contributed by atoms with E-state index in [-0.39, 0.29) is 24.8 Å². The number of amides is 1. The van der Waals surface area contributed by atoms with Gasteiger partial charge in [-0.1, -0.05) is 25.4 Å². The summed E-state index contributed by atoms with van der Waals surface area (Å²) in [6, 6.07) is 2.12. The van der Waals surface area contributed by atoms with Crippen molar-refractivity contribution in [2.75, 3.05) is 25.0 Å². The Hall–Kier alpha value is -1.05. The molecule has 0 bridgehead atoms. The molecule has 2 heterocycles. The molecule has 2 rings (SSSR count). The molecule has 3 N–H and O–H groups in total. The summed E-state index contributed by atoms with van der Waals surface area (Å²) in [7, 11) is 0. The zero-order valence-corrected chi connectivity index (χ0v) is 17.3. The molecule has 148 valence electrons. The van der Waals surface area contributed by atoms with Gasteiger partial charge in [0, 0.05) is 37.9 Å². The van der Waals surface area contributed by atoms with Gasteiger partial charge in [0.05, 0.1) is 5.02 Å². The van der Waals surface area contributed by atoms with Gasteiger partial charge in [0.15, 0.2) is 0 Å². The van der Waals surface area contributed by atoms with Crippen molar-refractivity contribution < 1.29 is 10.0 Å². The summed E-state index contributed by atoms with van der Waals surface area (Å²) in [6.07, 6.45) is 6.54. The lowest BCUT2D eigenvalue weighted by atomic mass is 10.0. The van der Waals surface area contributed by atoms with Crippen LogP contribution in [0.5, 0.6) is 0 Å². The van der Waals surface area contributed by atoms with Crippen LogP contribution >= 0.6 is 36.4 Å². The SMILES string of the molecule is CC(C)CN1CCC(Nc2ncc(C=CC(=O)NO)cc2Cl)CC1.Cl.Cl. The normalized spacial score (nSPS) is 15.4. The third-order valence-electron chi connectivity index (χ3n) is 3.95. The lowest BCUT2D eigenvalue weighted by Gasteiger charge is -2.33. The van der Waals surface area contributed by atoms with Crippen LogP contribution in [0.3, 0.4) is 0 Å². The van der Waals surface area contributed by atoms with Gasteiger partial charge in [0.25, 0.3) is 5.91 Å². The Kier molecular flexibility index (Phi) is 11.9. The van der Waals surface area contributed by atoms with Crippen LogP contribution < -0.4 is 10.8 Å². The second-order valence-electron chi connectivity index (χ2n) is 6.52. The van der Waals surface area contributed by atoms with Gasteiger partial charge in [-0.25, -0.2) is 10.5 Å². The first kappa shape index (κ1) is 24.9. The van der Waals surface area contributed by atoms with Crippen molar-refractivity contribution >= 4 is 54.2 Å². The van der Waals surface area contributed by atoms with E-state index >= 15 is 0 Å². The van der Waals surface area contributed by atoms with Crippen molar-refractivity contribution in [2.45, 2.75) is 32.7 Å². The van der Waals surface area contributed by atoms with Crippen LogP contribution in [0.25, 0.3) is 6.08 Å². The summed E-state index contributed by atoms with van der Waals surface area (Å²) in [6.45, 7) is 7.81. The van der Waals surface area contributed by atoms with Crippen LogP contribution in [0.1, 0.15) is 32.3 Å². The van der Waals surface area contributed by atoms with E-state index in [0.717, 1.165) is 32.5 Å². The van der Waals surface area contributed by atoms with Crippen molar-refractivity contribution in [1.82, 2.24) is 15.4 Å². The van der Waals surface area contributed by atoms with Gasteiger partial charge in [-0.05, 0) is 36.5 Å². The fourth-order valence-electron chi connectivity index (χ4n) is 2.83. The minimum Gasteiger partial charge on any atom is -0.366 e. The molecule has 6 nitrogen and oxygen atoms in total. The van der Waals surface area contributed by atoms with E-state index in [0.29, 0.717) is 28.4 Å². The number of pyridine rings is 1. The highest BCUT2D eigenvalue weighted by Crippen LogP contribution is 2.24. The van der Waals surface area contributed by atoms with Crippen molar-refractivity contribution in [2.24, 2.45) is 5.92 Å². The Morgan fingerprint density at radius 1 is 1.42 bits per heavy atom. The van der Waals surface area contributed by atoms with Crippen LogP contribution in [-0.4, -0.2) is 46.7 Å². The third-order valence-corrected chi connectivity index (χ3v) is 4.24. The molecule has 0 aliphatic carbocycles. The molecule has 0 atom stereocenters. The number of anilines is 1. The molecule has 1 aromatic heterocycles. The highest BCUT2D eigenvalue weighted by Gasteiger charge is 2.20. The summed E-state index contributed by atoms with van der Waals surface area (Å²) in [4.78, 5) is 17.8. The van der Waals surface area contributed by atoms with E-state index in [2.05, 4.69) is 29.0 Å². The predicted octanol–water partition coefficient (Wildman–Crippen LogP) is 3.63. The van der Waals surface area contributed by atoms with Crippen molar-refractivity contribution in [3.63, 3.8) is 0 Å². The number of carbonyl (C=O) groups is 1. The number of aromatic nitrogens is 1. The minimum absolute atomic E-state index is 0. The molecule has 0 unspecified atom stereocenters. The summed E-state index contributed by atoms with van der Waals surface area (Å²) < 4.78 is 0. The van der Waals surface area contributed by atoms with Gasteiger partial charge < -0.3 is 10.2 Å². The van der Waals surface area contributed by atoms with Crippen molar-refractivity contribution in [3.8, 4) is 0 Å². The number of piperidine rings is 1. The number of nitrogens with zero attached hydrogens (tertiary/aromatic N) is 2. The molecule has 0 radical (unpaired) electrons. The summed E-state index contributed by atoms with van der Waals surface area (Å²) in [5.41, 5.74) is 2.23. The van der Waals surface area contributed by atoms with Crippen LogP contribution in [0.4, 0.5) is 5.82 Å². The maximum Gasteiger partial charge on any atom is 0.267 e. The molecule has 0 aromatic carbocycles. The molecule has 9 heteroatoms. The minimum atomic E-state index is -0.596. The Morgan fingerprint density at radius 3 is 2.62 bits per heavy atom. The number of rotatable bonds is 6. The number of halogens is 3. The van der Waals surface area contributed by atoms with Crippen LogP contribution in [0.15, 0.2) is 18.3 Å². The zero-order valence-electron chi connectivity index (χ0n) is 14.9. The molecule has 0 spiro atoms. The fourth-order valence-corrected chi connectivity index (χ4v) is 3.06. The second-order valence-corrected chi connectivity index (χ2v) is 6.93. The number of hydrogen-bond acceptors (Lipinski definition) is 5. The monoisotopic (exact) mass is 424 g/mol. The first-order valence-electron chi connectivity index (χ1n) is 8.24. The average Bonchev–Trinajstić information content (AvgIpc) is 2.56. The van der Waals surface area contributed by atoms with E-state index in [4.69, 9.17) is 16.8 Å². The van der Waals surface area contributed by atoms with E-state index in [9.17, 15) is 4.79 Å². The van der Waals surface area contributed by atoms with E-state index in [1.54, 1.807) is 18.3 Å². The maximum atomic E-state index is 11.0. The van der Waals surface area contributed by atoms with E-state index in [1.807, 2.05) is 0 Å². The number of hydrogen-bond donors (Lipinski definition) is 3. The smallest absolute Gasteiger partial charge is 0.267 e. The average molecular weight is 426 g/mol. The van der Waals surface area contributed by atoms with Gasteiger partial charge in [0.1, 0.15) is 5.82 Å². The van der Waals surface area contributed by atoms with Gasteiger partial charge in [-0.2, -0.15) is 0 Å². The van der Waals surface area contributed by atoms with E-state index < -0.39 is 5.91 Å². The highest BCUT2D eigenvalue weighted by atomic mass is 35.5. The fraction of sp³-hybridized carbons (Fsp3) is 0.529. The molecule has 1 saturated heterocycles. The summed E-state index contributed by atoms with van der Waals surface area (Å²) >= 11 is 6.28. The molecule has 1 aliphatic heterocycles. The maximum absolute atomic E-state index is 11.0. The number of likely N-dealkylation sites (tertiary alicyclic amines) is 1. The molecule has 1 amide bonds. The molecule has 1 aliphatic rings. The molecule has 1 aromatic rings. The summed E-state index contributed by atoms with van der Waals surface area (Å²) in [5.74, 6) is 0.767. The molecule has 0 saturated carbocycles. The number of nitrogens with one attached hydrogen (secondary N) is 2. The van der Waals surface area contributed by atoms with Crippen LogP contribution in [0.2, 0.25) is 5.02 Å². The van der Waals surface area contributed by atoms with Crippen LogP contribution in [-0.2, 0) is 4.79 Å². The predicted molar refractivity (Wildman–Crippen MR) is 111 cm³/mol. The largest absolute Gasteiger partial charge is 0.366 e. The highest BCUT2D eigenvalue weighted by molar-refractivity contribution is 6.33. The Morgan fingerprint density at radius 2 is 2.08 bits per heavy atom. The Bertz CT molecular complexity index is 591. The second kappa shape index (κ2) is 12.4. The third kappa shape index (κ3) is 8.10. The quantitative estimate of drug-likeness (QED) is 0.368. The molecular formula is C17H27Cl3N4O2.